The molecule has 5 nitrogen and oxygen atoms in total. The summed E-state index contributed by atoms with van der Waals surface area (Å²) in [6.45, 7) is 1.89. The lowest BCUT2D eigenvalue weighted by atomic mass is 10.1. The first kappa shape index (κ1) is 16.7. The Morgan fingerprint density at radius 1 is 1.04 bits per heavy atom. The Balaban J connectivity index is 2.35. The Morgan fingerprint density at radius 3 is 2.13 bits per heavy atom. The van der Waals surface area contributed by atoms with Gasteiger partial charge in [-0.1, -0.05) is 12.1 Å². The van der Waals surface area contributed by atoms with Crippen LogP contribution in [0.5, 0.6) is 11.5 Å². The van der Waals surface area contributed by atoms with Crippen LogP contribution in [-0.2, 0) is 0 Å². The molecule has 0 radical (unpaired) electrons. The Morgan fingerprint density at radius 2 is 1.61 bits per heavy atom. The number of carbonyl (C=O) groups excluding carboxylic acids is 1. The highest BCUT2D eigenvalue weighted by Crippen LogP contribution is 2.30. The van der Waals surface area contributed by atoms with Crippen LogP contribution in [0.15, 0.2) is 36.4 Å². The van der Waals surface area contributed by atoms with Crippen molar-refractivity contribution in [2.24, 2.45) is 0 Å². The van der Waals surface area contributed by atoms with E-state index in [1.165, 1.54) is 0 Å². The van der Waals surface area contributed by atoms with E-state index in [0.29, 0.717) is 17.1 Å². The monoisotopic (exact) mass is 314 g/mol. The number of para-hydroxylation sites is 2. The van der Waals surface area contributed by atoms with E-state index in [2.05, 4.69) is 5.32 Å². The molecule has 5 heteroatoms. The fourth-order valence-electron chi connectivity index (χ4n) is 2.38. The predicted octanol–water partition coefficient (Wildman–Crippen LogP) is 3.33. The van der Waals surface area contributed by atoms with Gasteiger partial charge in [-0.3, -0.25) is 4.79 Å². The molecule has 0 fully saturated rings. The van der Waals surface area contributed by atoms with Gasteiger partial charge in [0.1, 0.15) is 11.5 Å². The topological polar surface area (TPSA) is 50.8 Å². The molecule has 1 N–H and O–H groups in total. The maximum atomic E-state index is 12.6. The van der Waals surface area contributed by atoms with Crippen LogP contribution in [0.25, 0.3) is 0 Å². The van der Waals surface area contributed by atoms with Crippen molar-refractivity contribution in [3.05, 3.63) is 47.5 Å². The van der Waals surface area contributed by atoms with Crippen LogP contribution >= 0.6 is 0 Å². The maximum Gasteiger partial charge on any atom is 0.255 e. The van der Waals surface area contributed by atoms with Crippen LogP contribution in [0.1, 0.15) is 15.9 Å². The standard InChI is InChI=1S/C18H22N2O3/c1-12-16(22-4)10-13(11-17(12)23-5)18(21)19-14-8-6-7-9-15(14)20(2)3/h6-11H,1-5H3,(H,19,21). The second-order valence-electron chi connectivity index (χ2n) is 5.37. The van der Waals surface area contributed by atoms with E-state index >= 15 is 0 Å². The van der Waals surface area contributed by atoms with E-state index < -0.39 is 0 Å². The zero-order valence-electron chi connectivity index (χ0n) is 14.1. The van der Waals surface area contributed by atoms with E-state index in [0.717, 1.165) is 16.9 Å². The Kier molecular flexibility index (Phi) is 5.11. The fourth-order valence-corrected chi connectivity index (χ4v) is 2.38. The molecule has 0 aliphatic rings. The summed E-state index contributed by atoms with van der Waals surface area (Å²) in [4.78, 5) is 14.5. The molecular formula is C18H22N2O3. The summed E-state index contributed by atoms with van der Waals surface area (Å²) in [5.74, 6) is 1.03. The lowest BCUT2D eigenvalue weighted by Gasteiger charge is -2.18. The van der Waals surface area contributed by atoms with Gasteiger partial charge in [0.2, 0.25) is 0 Å². The van der Waals surface area contributed by atoms with Crippen molar-refractivity contribution in [3.8, 4) is 11.5 Å². The molecule has 0 spiro atoms. The minimum Gasteiger partial charge on any atom is -0.496 e. The smallest absolute Gasteiger partial charge is 0.255 e. The molecule has 0 atom stereocenters. The molecule has 122 valence electrons. The van der Waals surface area contributed by atoms with Gasteiger partial charge in [-0.15, -0.1) is 0 Å². The number of ether oxygens (including phenoxy) is 2. The maximum absolute atomic E-state index is 12.6. The van der Waals surface area contributed by atoms with Gasteiger partial charge in [0.05, 0.1) is 25.6 Å². The first-order valence-corrected chi connectivity index (χ1v) is 7.28. The van der Waals surface area contributed by atoms with Gasteiger partial charge in [0.15, 0.2) is 0 Å². The molecule has 0 aromatic heterocycles. The number of nitrogens with one attached hydrogen (secondary N) is 1. The molecule has 0 saturated carbocycles. The number of nitrogens with zero attached hydrogens (tertiary/aromatic N) is 1. The van der Waals surface area contributed by atoms with Crippen LogP contribution in [0.4, 0.5) is 11.4 Å². The van der Waals surface area contributed by atoms with Crippen molar-refractivity contribution in [1.82, 2.24) is 0 Å². The Bertz CT molecular complexity index is 686. The van der Waals surface area contributed by atoms with Gasteiger partial charge < -0.3 is 19.7 Å². The molecular weight excluding hydrogens is 292 g/mol. The van der Waals surface area contributed by atoms with Crippen molar-refractivity contribution >= 4 is 17.3 Å². The summed E-state index contributed by atoms with van der Waals surface area (Å²) >= 11 is 0. The predicted molar refractivity (Wildman–Crippen MR) is 93.0 cm³/mol. The number of carbonyl (C=O) groups is 1. The summed E-state index contributed by atoms with van der Waals surface area (Å²) in [6, 6.07) is 11.1. The average Bonchev–Trinajstić information content (AvgIpc) is 2.55. The molecule has 2 aromatic rings. The van der Waals surface area contributed by atoms with E-state index in [1.807, 2.05) is 50.2 Å². The molecule has 1 amide bonds. The van der Waals surface area contributed by atoms with Crippen molar-refractivity contribution in [2.45, 2.75) is 6.92 Å². The minimum absolute atomic E-state index is 0.212. The highest BCUT2D eigenvalue weighted by atomic mass is 16.5. The molecule has 2 aromatic carbocycles. The minimum atomic E-state index is -0.212. The second-order valence-corrected chi connectivity index (χ2v) is 5.37. The molecule has 2 rings (SSSR count). The average molecular weight is 314 g/mol. The van der Waals surface area contributed by atoms with Crippen LogP contribution < -0.4 is 19.7 Å². The summed E-state index contributed by atoms with van der Waals surface area (Å²) in [7, 11) is 7.02. The van der Waals surface area contributed by atoms with Crippen molar-refractivity contribution in [2.75, 3.05) is 38.5 Å². The van der Waals surface area contributed by atoms with E-state index in [9.17, 15) is 4.79 Å². The summed E-state index contributed by atoms with van der Waals surface area (Å²) < 4.78 is 10.6. The van der Waals surface area contributed by atoms with Gasteiger partial charge in [0.25, 0.3) is 5.91 Å². The van der Waals surface area contributed by atoms with Crippen LogP contribution in [0.3, 0.4) is 0 Å². The van der Waals surface area contributed by atoms with Gasteiger partial charge >= 0.3 is 0 Å². The van der Waals surface area contributed by atoms with Crippen LogP contribution in [0, 0.1) is 6.92 Å². The third-order valence-corrected chi connectivity index (χ3v) is 3.65. The van der Waals surface area contributed by atoms with Crippen molar-refractivity contribution in [3.63, 3.8) is 0 Å². The number of rotatable bonds is 5. The zero-order valence-corrected chi connectivity index (χ0v) is 14.1. The van der Waals surface area contributed by atoms with E-state index in [4.69, 9.17) is 9.47 Å². The quantitative estimate of drug-likeness (QED) is 0.920. The normalized spacial score (nSPS) is 10.1. The number of hydrogen-bond donors (Lipinski definition) is 1. The summed E-state index contributed by atoms with van der Waals surface area (Å²) in [5.41, 5.74) is 3.03. The molecule has 0 aliphatic carbocycles. The molecule has 23 heavy (non-hydrogen) atoms. The molecule has 0 aliphatic heterocycles. The number of anilines is 2. The summed E-state index contributed by atoms with van der Waals surface area (Å²) in [6.07, 6.45) is 0. The molecule has 0 heterocycles. The molecule has 0 unspecified atom stereocenters. The van der Waals surface area contributed by atoms with Crippen LogP contribution in [0.2, 0.25) is 0 Å². The number of hydrogen-bond acceptors (Lipinski definition) is 4. The summed E-state index contributed by atoms with van der Waals surface area (Å²) in [5, 5.41) is 2.94. The first-order valence-electron chi connectivity index (χ1n) is 7.28. The van der Waals surface area contributed by atoms with E-state index in [-0.39, 0.29) is 5.91 Å². The number of benzene rings is 2. The largest absolute Gasteiger partial charge is 0.496 e. The second kappa shape index (κ2) is 7.05. The number of methoxy groups -OCH3 is 2. The molecule has 0 saturated heterocycles. The Hall–Kier alpha value is -2.69. The third-order valence-electron chi connectivity index (χ3n) is 3.65. The highest BCUT2D eigenvalue weighted by Gasteiger charge is 2.15. The van der Waals surface area contributed by atoms with Gasteiger partial charge in [0, 0.05) is 25.2 Å². The SMILES string of the molecule is COc1cc(C(=O)Nc2ccccc2N(C)C)cc(OC)c1C. The van der Waals surface area contributed by atoms with Gasteiger partial charge in [-0.25, -0.2) is 0 Å². The van der Waals surface area contributed by atoms with Crippen molar-refractivity contribution < 1.29 is 14.3 Å². The first-order chi connectivity index (χ1) is 11.0. The number of amides is 1. The molecule has 0 bridgehead atoms. The third kappa shape index (κ3) is 3.56. The van der Waals surface area contributed by atoms with Crippen LogP contribution in [-0.4, -0.2) is 34.2 Å². The highest BCUT2D eigenvalue weighted by molar-refractivity contribution is 6.06. The Labute approximate surface area is 136 Å². The lowest BCUT2D eigenvalue weighted by molar-refractivity contribution is 0.102. The van der Waals surface area contributed by atoms with Crippen molar-refractivity contribution in [1.29, 1.82) is 0 Å². The van der Waals surface area contributed by atoms with Gasteiger partial charge in [-0.05, 0) is 31.2 Å². The van der Waals surface area contributed by atoms with E-state index in [1.54, 1.807) is 26.4 Å². The zero-order chi connectivity index (χ0) is 17.0. The fraction of sp³-hybridized carbons (Fsp3) is 0.278. The van der Waals surface area contributed by atoms with Gasteiger partial charge in [-0.2, -0.15) is 0 Å². The lowest BCUT2D eigenvalue weighted by Crippen LogP contribution is -2.17.